The first kappa shape index (κ1) is 20.3. The molecule has 0 N–H and O–H groups in total. The summed E-state index contributed by atoms with van der Waals surface area (Å²) in [6.07, 6.45) is 2.96. The Morgan fingerprint density at radius 3 is 2.52 bits per heavy atom. The number of ether oxygens (including phenoxy) is 4. The number of hydrogen-bond acceptors (Lipinski definition) is 9. The molecular weight excluding hydrogens is 406 g/mol. The van der Waals surface area contributed by atoms with Gasteiger partial charge in [-0.05, 0) is 6.07 Å². The summed E-state index contributed by atoms with van der Waals surface area (Å²) >= 11 is 0. The van der Waals surface area contributed by atoms with E-state index in [0.717, 1.165) is 0 Å². The molecule has 3 heterocycles. The Morgan fingerprint density at radius 1 is 1.10 bits per heavy atom. The predicted molar refractivity (Wildman–Crippen MR) is 109 cm³/mol. The van der Waals surface area contributed by atoms with Gasteiger partial charge in [-0.25, -0.2) is 9.78 Å². The normalized spacial score (nSPS) is 11.1. The summed E-state index contributed by atoms with van der Waals surface area (Å²) in [5, 5.41) is 4.63. The van der Waals surface area contributed by atoms with Gasteiger partial charge in [0.15, 0.2) is 17.3 Å². The molecule has 0 atom stereocenters. The summed E-state index contributed by atoms with van der Waals surface area (Å²) in [5.74, 6) is 0.845. The maximum Gasteiger partial charge on any atom is 0.340 e. The standard InChI is InChI=1S/C20H19N5O6/c1-28-10-17-22-20-21-9-12-13(25(20)23-17)5-6-24(18(12)26)14-8-16(30-3)15(29-2)7-11(14)19(27)31-4/h5-9H,10H2,1-4H3. The zero-order chi connectivity index (χ0) is 22.1. The van der Waals surface area contributed by atoms with Gasteiger partial charge in [-0.2, -0.15) is 9.50 Å². The lowest BCUT2D eigenvalue weighted by Crippen LogP contribution is -2.21. The van der Waals surface area contributed by atoms with Crippen molar-refractivity contribution in [1.29, 1.82) is 0 Å². The summed E-state index contributed by atoms with van der Waals surface area (Å²) in [7, 11) is 5.71. The molecule has 31 heavy (non-hydrogen) atoms. The highest BCUT2D eigenvalue weighted by Gasteiger charge is 2.21. The molecule has 0 fully saturated rings. The number of methoxy groups -OCH3 is 4. The van der Waals surface area contributed by atoms with Crippen molar-refractivity contribution in [2.24, 2.45) is 0 Å². The lowest BCUT2D eigenvalue weighted by molar-refractivity contribution is 0.0600. The van der Waals surface area contributed by atoms with Gasteiger partial charge in [0.1, 0.15) is 6.61 Å². The summed E-state index contributed by atoms with van der Waals surface area (Å²) in [6.45, 7) is 0.218. The zero-order valence-electron chi connectivity index (χ0n) is 17.3. The van der Waals surface area contributed by atoms with Gasteiger partial charge in [0.25, 0.3) is 11.3 Å². The van der Waals surface area contributed by atoms with E-state index in [2.05, 4.69) is 15.1 Å². The average molecular weight is 425 g/mol. The van der Waals surface area contributed by atoms with Crippen molar-refractivity contribution in [2.45, 2.75) is 6.61 Å². The Balaban J connectivity index is 1.98. The number of nitrogens with zero attached hydrogens (tertiary/aromatic N) is 5. The van der Waals surface area contributed by atoms with E-state index in [1.54, 1.807) is 6.07 Å². The van der Waals surface area contributed by atoms with Gasteiger partial charge >= 0.3 is 5.97 Å². The fourth-order valence-corrected chi connectivity index (χ4v) is 3.28. The second-order valence-electron chi connectivity index (χ2n) is 6.44. The van der Waals surface area contributed by atoms with Crippen molar-refractivity contribution >= 4 is 22.6 Å². The number of aromatic nitrogens is 5. The molecule has 0 spiro atoms. The van der Waals surface area contributed by atoms with Gasteiger partial charge in [0.2, 0.25) is 0 Å². The molecule has 3 aromatic heterocycles. The number of carbonyl (C=O) groups is 1. The lowest BCUT2D eigenvalue weighted by Gasteiger charge is -2.15. The van der Waals surface area contributed by atoms with Gasteiger partial charge in [-0.1, -0.05) is 0 Å². The minimum absolute atomic E-state index is 0.138. The first-order chi connectivity index (χ1) is 15.0. The maximum absolute atomic E-state index is 13.3. The lowest BCUT2D eigenvalue weighted by atomic mass is 10.1. The molecule has 11 heteroatoms. The summed E-state index contributed by atoms with van der Waals surface area (Å²) in [5.41, 5.74) is 0.517. The molecule has 0 radical (unpaired) electrons. The van der Waals surface area contributed by atoms with Crippen molar-refractivity contribution in [3.63, 3.8) is 0 Å². The van der Waals surface area contributed by atoms with Crippen LogP contribution in [0.3, 0.4) is 0 Å². The maximum atomic E-state index is 13.3. The van der Waals surface area contributed by atoms with Crippen LogP contribution in [0.1, 0.15) is 16.2 Å². The third-order valence-corrected chi connectivity index (χ3v) is 4.72. The van der Waals surface area contributed by atoms with E-state index < -0.39 is 11.5 Å². The van der Waals surface area contributed by atoms with Crippen LogP contribution in [0.2, 0.25) is 0 Å². The highest BCUT2D eigenvalue weighted by atomic mass is 16.5. The van der Waals surface area contributed by atoms with Gasteiger partial charge < -0.3 is 18.9 Å². The van der Waals surface area contributed by atoms with Crippen molar-refractivity contribution < 1.29 is 23.7 Å². The molecule has 0 saturated heterocycles. The molecule has 160 valence electrons. The Kier molecular flexibility index (Phi) is 5.26. The number of hydrogen-bond donors (Lipinski definition) is 0. The first-order valence-corrected chi connectivity index (χ1v) is 9.12. The fourth-order valence-electron chi connectivity index (χ4n) is 3.28. The Morgan fingerprint density at radius 2 is 1.84 bits per heavy atom. The fraction of sp³-hybridized carbons (Fsp3) is 0.250. The molecule has 0 unspecified atom stereocenters. The van der Waals surface area contributed by atoms with E-state index in [4.69, 9.17) is 18.9 Å². The first-order valence-electron chi connectivity index (χ1n) is 9.12. The van der Waals surface area contributed by atoms with Crippen molar-refractivity contribution in [3.05, 3.63) is 52.3 Å². The van der Waals surface area contributed by atoms with Crippen LogP contribution in [-0.4, -0.2) is 58.6 Å². The quantitative estimate of drug-likeness (QED) is 0.422. The van der Waals surface area contributed by atoms with Gasteiger partial charge in [-0.3, -0.25) is 9.36 Å². The molecule has 0 aliphatic heterocycles. The Bertz CT molecular complexity index is 1360. The number of esters is 1. The van der Waals surface area contributed by atoms with Crippen LogP contribution in [-0.2, 0) is 16.1 Å². The van der Waals surface area contributed by atoms with Crippen LogP contribution < -0.4 is 15.0 Å². The SMILES string of the molecule is COCc1nc2ncc3c(=O)n(-c4cc(OC)c(OC)cc4C(=O)OC)ccc3n2n1. The monoisotopic (exact) mass is 425 g/mol. The molecule has 0 aliphatic carbocycles. The Labute approximate surface area is 175 Å². The van der Waals surface area contributed by atoms with Crippen LogP contribution in [0, 0.1) is 0 Å². The number of fused-ring (bicyclic) bond motifs is 3. The molecular formula is C20H19N5O6. The van der Waals surface area contributed by atoms with Crippen molar-refractivity contribution in [1.82, 2.24) is 24.1 Å². The minimum Gasteiger partial charge on any atom is -0.493 e. The van der Waals surface area contributed by atoms with E-state index in [1.807, 2.05) is 0 Å². The van der Waals surface area contributed by atoms with Gasteiger partial charge in [0.05, 0.1) is 43.5 Å². The summed E-state index contributed by atoms with van der Waals surface area (Å²) in [4.78, 5) is 34.2. The van der Waals surface area contributed by atoms with Crippen molar-refractivity contribution in [3.8, 4) is 17.2 Å². The van der Waals surface area contributed by atoms with Crippen molar-refractivity contribution in [2.75, 3.05) is 28.4 Å². The average Bonchev–Trinajstić information content (AvgIpc) is 3.21. The Hall–Kier alpha value is -3.99. The summed E-state index contributed by atoms with van der Waals surface area (Å²) in [6, 6.07) is 4.69. The second-order valence-corrected chi connectivity index (χ2v) is 6.44. The molecule has 4 aromatic rings. The zero-order valence-corrected chi connectivity index (χ0v) is 17.3. The topological polar surface area (TPSA) is 119 Å². The second kappa shape index (κ2) is 8.03. The molecule has 0 bridgehead atoms. The van der Waals surface area contributed by atoms with Crippen LogP contribution in [0.25, 0.3) is 22.4 Å². The predicted octanol–water partition coefficient (Wildman–Crippen LogP) is 1.38. The van der Waals surface area contributed by atoms with E-state index in [9.17, 15) is 9.59 Å². The van der Waals surface area contributed by atoms with E-state index in [1.165, 1.54) is 62.0 Å². The highest BCUT2D eigenvalue weighted by molar-refractivity contribution is 5.95. The smallest absolute Gasteiger partial charge is 0.340 e. The van der Waals surface area contributed by atoms with Crippen LogP contribution in [0.5, 0.6) is 11.5 Å². The van der Waals surface area contributed by atoms with E-state index in [-0.39, 0.29) is 23.2 Å². The summed E-state index contributed by atoms with van der Waals surface area (Å²) < 4.78 is 23.4. The molecule has 11 nitrogen and oxygen atoms in total. The largest absolute Gasteiger partial charge is 0.493 e. The van der Waals surface area contributed by atoms with Crippen LogP contribution >= 0.6 is 0 Å². The molecule has 0 aliphatic rings. The van der Waals surface area contributed by atoms with E-state index >= 15 is 0 Å². The van der Waals surface area contributed by atoms with Crippen LogP contribution in [0.4, 0.5) is 0 Å². The molecule has 0 amide bonds. The minimum atomic E-state index is -0.628. The highest BCUT2D eigenvalue weighted by Crippen LogP contribution is 2.32. The number of carbonyl (C=O) groups excluding carboxylic acids is 1. The number of benzene rings is 1. The molecule has 1 aromatic carbocycles. The third kappa shape index (κ3) is 3.34. The molecule has 4 rings (SSSR count). The van der Waals surface area contributed by atoms with Crippen LogP contribution in [0.15, 0.2) is 35.4 Å². The third-order valence-electron chi connectivity index (χ3n) is 4.72. The molecule has 0 saturated carbocycles. The van der Waals surface area contributed by atoms with Gasteiger partial charge in [0, 0.05) is 31.6 Å². The van der Waals surface area contributed by atoms with E-state index in [0.29, 0.717) is 28.6 Å². The number of pyridine rings is 1. The number of rotatable bonds is 6. The van der Waals surface area contributed by atoms with Gasteiger partial charge in [-0.15, -0.1) is 5.10 Å².